The summed E-state index contributed by atoms with van der Waals surface area (Å²) in [6.07, 6.45) is -4.74. The molecule has 0 aliphatic heterocycles. The van der Waals surface area contributed by atoms with Crippen LogP contribution in [0.5, 0.6) is 0 Å². The molecular formula is C21H18F4N4O2. The highest BCUT2D eigenvalue weighted by Crippen LogP contribution is 2.39. The molecule has 162 valence electrons. The van der Waals surface area contributed by atoms with Crippen molar-refractivity contribution in [2.45, 2.75) is 38.6 Å². The molecule has 2 N–H and O–H groups in total. The molecule has 0 aliphatic carbocycles. The minimum atomic E-state index is -4.74. The van der Waals surface area contributed by atoms with Crippen molar-refractivity contribution in [3.8, 4) is 17.5 Å². The molecule has 0 saturated carbocycles. The van der Waals surface area contributed by atoms with Gasteiger partial charge in [-0.15, -0.1) is 10.2 Å². The van der Waals surface area contributed by atoms with Gasteiger partial charge < -0.3 is 14.8 Å². The average molecular weight is 434 g/mol. The number of rotatable bonds is 5. The smallest absolute Gasteiger partial charge is 0.418 e. The van der Waals surface area contributed by atoms with Gasteiger partial charge in [0.1, 0.15) is 11.9 Å². The van der Waals surface area contributed by atoms with E-state index in [9.17, 15) is 22.7 Å². The van der Waals surface area contributed by atoms with Crippen molar-refractivity contribution in [1.29, 1.82) is 5.26 Å². The Morgan fingerprint density at radius 1 is 1.10 bits per heavy atom. The van der Waals surface area contributed by atoms with E-state index in [-0.39, 0.29) is 23.0 Å². The number of aliphatic hydroxyl groups is 1. The van der Waals surface area contributed by atoms with Crippen molar-refractivity contribution in [2.24, 2.45) is 0 Å². The maximum Gasteiger partial charge on any atom is 0.418 e. The Morgan fingerprint density at radius 2 is 1.74 bits per heavy atom. The molecule has 0 amide bonds. The summed E-state index contributed by atoms with van der Waals surface area (Å²) in [4.78, 5) is 0. The minimum absolute atomic E-state index is 0.0417. The van der Waals surface area contributed by atoms with Crippen molar-refractivity contribution in [2.75, 3.05) is 5.32 Å². The van der Waals surface area contributed by atoms with Crippen LogP contribution < -0.4 is 5.32 Å². The second-order valence-corrected chi connectivity index (χ2v) is 7.45. The third-order valence-corrected chi connectivity index (χ3v) is 4.65. The maximum absolute atomic E-state index is 13.5. The highest BCUT2D eigenvalue weighted by Gasteiger charge is 2.38. The lowest BCUT2D eigenvalue weighted by atomic mass is 9.96. The molecule has 10 heteroatoms. The first kappa shape index (κ1) is 22.2. The summed E-state index contributed by atoms with van der Waals surface area (Å²) in [5.41, 5.74) is -2.83. The monoisotopic (exact) mass is 434 g/mol. The number of nitriles is 1. The summed E-state index contributed by atoms with van der Waals surface area (Å²) in [6.45, 7) is 4.08. The van der Waals surface area contributed by atoms with Gasteiger partial charge in [-0.25, -0.2) is 4.39 Å². The van der Waals surface area contributed by atoms with Crippen LogP contribution in [-0.4, -0.2) is 20.9 Å². The molecule has 2 aromatic carbocycles. The van der Waals surface area contributed by atoms with Crippen molar-refractivity contribution in [1.82, 2.24) is 10.2 Å². The van der Waals surface area contributed by atoms with Gasteiger partial charge in [0.25, 0.3) is 0 Å². The average Bonchev–Trinajstić information content (AvgIpc) is 3.14. The van der Waals surface area contributed by atoms with Crippen LogP contribution in [0.15, 0.2) is 40.8 Å². The zero-order valence-electron chi connectivity index (χ0n) is 16.8. The number of benzene rings is 2. The second-order valence-electron chi connectivity index (χ2n) is 7.45. The maximum atomic E-state index is 13.5. The highest BCUT2D eigenvalue weighted by molar-refractivity contribution is 5.61. The Labute approximate surface area is 175 Å². The molecule has 1 heterocycles. The second kappa shape index (κ2) is 8.00. The first-order chi connectivity index (χ1) is 14.4. The van der Waals surface area contributed by atoms with Gasteiger partial charge in [-0.05, 0) is 62.7 Å². The third kappa shape index (κ3) is 4.67. The van der Waals surface area contributed by atoms with Crippen LogP contribution >= 0.6 is 0 Å². The molecule has 0 radical (unpaired) electrons. The lowest BCUT2D eigenvalue weighted by Crippen LogP contribution is -2.35. The summed E-state index contributed by atoms with van der Waals surface area (Å²) < 4.78 is 59.2. The summed E-state index contributed by atoms with van der Waals surface area (Å²) >= 11 is 0. The molecule has 0 aliphatic rings. The Hall–Kier alpha value is -3.45. The standard InChI is InChI=1S/C21H18F4N4O2/c1-11-15(9-6-13(10-26)16(11)21(23,24)25)27-17(20(2,3)30)19-29-28-18(31-19)12-4-7-14(22)8-5-12/h4-9,17,27,30H,1-3H3. The zero-order chi connectivity index (χ0) is 23.0. The predicted octanol–water partition coefficient (Wildman–Crippen LogP) is 5.00. The Bertz CT molecular complexity index is 1130. The van der Waals surface area contributed by atoms with E-state index >= 15 is 0 Å². The Morgan fingerprint density at radius 3 is 2.29 bits per heavy atom. The van der Waals surface area contributed by atoms with E-state index in [4.69, 9.17) is 9.68 Å². The fourth-order valence-corrected chi connectivity index (χ4v) is 3.08. The summed E-state index contributed by atoms with van der Waals surface area (Å²) in [5, 5.41) is 30.3. The molecule has 1 aromatic heterocycles. The number of hydrogen-bond acceptors (Lipinski definition) is 6. The first-order valence-corrected chi connectivity index (χ1v) is 9.11. The normalized spacial score (nSPS) is 13.0. The van der Waals surface area contributed by atoms with E-state index < -0.39 is 34.8 Å². The van der Waals surface area contributed by atoms with Gasteiger partial charge in [-0.1, -0.05) is 0 Å². The van der Waals surface area contributed by atoms with Gasteiger partial charge >= 0.3 is 6.18 Å². The Kier molecular flexibility index (Phi) is 5.74. The Balaban J connectivity index is 2.01. The van der Waals surface area contributed by atoms with E-state index in [1.165, 1.54) is 51.1 Å². The predicted molar refractivity (Wildman–Crippen MR) is 103 cm³/mol. The molecule has 3 rings (SSSR count). The van der Waals surface area contributed by atoms with Gasteiger partial charge in [-0.3, -0.25) is 0 Å². The van der Waals surface area contributed by atoms with Crippen LogP contribution in [0.25, 0.3) is 11.5 Å². The van der Waals surface area contributed by atoms with Crippen LogP contribution in [0.3, 0.4) is 0 Å². The van der Waals surface area contributed by atoms with Crippen molar-refractivity contribution in [3.63, 3.8) is 0 Å². The first-order valence-electron chi connectivity index (χ1n) is 9.11. The molecule has 0 saturated heterocycles. The van der Waals surface area contributed by atoms with E-state index in [1.807, 2.05) is 0 Å². The van der Waals surface area contributed by atoms with Gasteiger partial charge in [0.15, 0.2) is 0 Å². The summed E-state index contributed by atoms with van der Waals surface area (Å²) in [6, 6.07) is 8.12. The van der Waals surface area contributed by atoms with Crippen LogP contribution in [0, 0.1) is 24.1 Å². The molecule has 0 fully saturated rings. The topological polar surface area (TPSA) is 95.0 Å². The van der Waals surface area contributed by atoms with Crippen molar-refractivity contribution >= 4 is 5.69 Å². The number of nitrogens with zero attached hydrogens (tertiary/aromatic N) is 3. The lowest BCUT2D eigenvalue weighted by Gasteiger charge is -2.29. The van der Waals surface area contributed by atoms with E-state index in [1.54, 1.807) is 6.07 Å². The third-order valence-electron chi connectivity index (χ3n) is 4.65. The summed E-state index contributed by atoms with van der Waals surface area (Å²) in [5.74, 6) is -0.473. The number of anilines is 1. The van der Waals surface area contributed by atoms with Crippen LogP contribution in [-0.2, 0) is 6.18 Å². The minimum Gasteiger partial charge on any atom is -0.418 e. The van der Waals surface area contributed by atoms with Crippen LogP contribution in [0.4, 0.5) is 23.2 Å². The number of aromatic nitrogens is 2. The quantitative estimate of drug-likeness (QED) is 0.549. The highest BCUT2D eigenvalue weighted by atomic mass is 19.4. The van der Waals surface area contributed by atoms with Crippen LogP contribution in [0.1, 0.15) is 42.5 Å². The van der Waals surface area contributed by atoms with Crippen LogP contribution in [0.2, 0.25) is 0 Å². The van der Waals surface area contributed by atoms with Gasteiger partial charge in [0, 0.05) is 11.3 Å². The number of hydrogen-bond donors (Lipinski definition) is 2. The van der Waals surface area contributed by atoms with Gasteiger partial charge in [-0.2, -0.15) is 18.4 Å². The van der Waals surface area contributed by atoms with E-state index in [0.29, 0.717) is 5.56 Å². The van der Waals surface area contributed by atoms with Crippen molar-refractivity contribution in [3.05, 3.63) is 64.8 Å². The number of alkyl halides is 3. The SMILES string of the molecule is Cc1c(NC(c2nnc(-c3ccc(F)cc3)o2)C(C)(C)O)ccc(C#N)c1C(F)(F)F. The fraction of sp³-hybridized carbons (Fsp3) is 0.286. The molecule has 6 nitrogen and oxygen atoms in total. The summed E-state index contributed by atoms with van der Waals surface area (Å²) in [7, 11) is 0. The van der Waals surface area contributed by atoms with E-state index in [0.717, 1.165) is 6.07 Å². The van der Waals surface area contributed by atoms with Gasteiger partial charge in [0.05, 0.1) is 22.8 Å². The molecule has 1 atom stereocenters. The number of halogens is 4. The molecule has 1 unspecified atom stereocenters. The number of nitrogens with one attached hydrogen (secondary N) is 1. The molecular weight excluding hydrogens is 416 g/mol. The molecule has 0 bridgehead atoms. The molecule has 3 aromatic rings. The van der Waals surface area contributed by atoms with Gasteiger partial charge in [0.2, 0.25) is 11.8 Å². The zero-order valence-corrected chi connectivity index (χ0v) is 16.8. The molecule has 0 spiro atoms. The largest absolute Gasteiger partial charge is 0.418 e. The van der Waals surface area contributed by atoms with E-state index in [2.05, 4.69) is 15.5 Å². The lowest BCUT2D eigenvalue weighted by molar-refractivity contribution is -0.138. The fourth-order valence-electron chi connectivity index (χ4n) is 3.08. The molecule has 31 heavy (non-hydrogen) atoms. The van der Waals surface area contributed by atoms with Crippen molar-refractivity contribution < 1.29 is 27.1 Å².